The van der Waals surface area contributed by atoms with Gasteiger partial charge in [-0.3, -0.25) is 9.32 Å². The highest BCUT2D eigenvalue weighted by atomic mass is 35.6. The van der Waals surface area contributed by atoms with E-state index in [0.29, 0.717) is 12.0 Å². The second kappa shape index (κ2) is 37.9. The van der Waals surface area contributed by atoms with Gasteiger partial charge in [0.15, 0.2) is 6.29 Å². The van der Waals surface area contributed by atoms with E-state index in [9.17, 15) is 19.5 Å². The first-order valence-corrected chi connectivity index (χ1v) is 30.1. The van der Waals surface area contributed by atoms with Crippen molar-refractivity contribution < 1.29 is 66.0 Å². The molecule has 15 nitrogen and oxygen atoms in total. The zero-order valence-corrected chi connectivity index (χ0v) is 47.7. The monoisotopic (exact) mass is 1140 g/mol. The molecule has 76 heavy (non-hydrogen) atoms. The van der Waals surface area contributed by atoms with Gasteiger partial charge >= 0.3 is 26.0 Å². The summed E-state index contributed by atoms with van der Waals surface area (Å²) in [7, 11) is -4.83. The number of halogens is 3. The van der Waals surface area contributed by atoms with Crippen molar-refractivity contribution in [1.82, 2.24) is 5.32 Å². The lowest BCUT2D eigenvalue weighted by Crippen LogP contribution is -2.65. The van der Waals surface area contributed by atoms with Crippen LogP contribution in [0.3, 0.4) is 0 Å². The van der Waals surface area contributed by atoms with E-state index in [0.717, 1.165) is 51.4 Å². The molecule has 0 radical (unpaired) electrons. The minimum absolute atomic E-state index is 0.104. The SMILES string of the molecule is CCCCCCCCCCCCCC(=O)O[C@H](CCCCCCCCCCC)CCO[C@@H]1[C@@H](NC(=O)OCC(Cl)(Cl)Cl)[C@H](O)O[C@H](COC(=O)OCc2ccccc2)[C@H]1OP(=O)(Oc1ccccc1)Oc1ccccc1. The fraction of sp³-hybridized carbons (Fsp3) is 0.632. The van der Waals surface area contributed by atoms with Gasteiger partial charge < -0.3 is 47.9 Å². The van der Waals surface area contributed by atoms with Crippen molar-refractivity contribution in [3.63, 3.8) is 0 Å². The molecule has 1 aliphatic rings. The lowest BCUT2D eigenvalue weighted by molar-refractivity contribution is -0.258. The Hall–Kier alpha value is -3.79. The molecule has 0 unspecified atom stereocenters. The molecule has 6 atom stereocenters. The Labute approximate surface area is 466 Å². The Bertz CT molecular complexity index is 2010. The van der Waals surface area contributed by atoms with Crippen molar-refractivity contribution >= 4 is 60.8 Å². The molecule has 1 amide bonds. The van der Waals surface area contributed by atoms with Gasteiger partial charge in [0.25, 0.3) is 0 Å². The lowest BCUT2D eigenvalue weighted by Gasteiger charge is -2.44. The van der Waals surface area contributed by atoms with Crippen molar-refractivity contribution in [2.45, 2.75) is 209 Å². The molecule has 1 fully saturated rings. The van der Waals surface area contributed by atoms with Crippen molar-refractivity contribution in [1.29, 1.82) is 0 Å². The van der Waals surface area contributed by atoms with Crippen molar-refractivity contribution in [2.75, 3.05) is 19.8 Å². The fourth-order valence-corrected chi connectivity index (χ4v) is 10.3. The highest BCUT2D eigenvalue weighted by Crippen LogP contribution is 2.52. The van der Waals surface area contributed by atoms with E-state index in [4.69, 9.17) is 76.8 Å². The molecule has 19 heteroatoms. The number of alkyl halides is 3. The maximum atomic E-state index is 15.1. The number of unbranched alkanes of at least 4 members (excludes halogenated alkanes) is 18. The number of amides is 1. The summed E-state index contributed by atoms with van der Waals surface area (Å²) in [5.41, 5.74) is 0.696. The van der Waals surface area contributed by atoms with Crippen LogP contribution in [0.5, 0.6) is 11.5 Å². The number of alkyl carbamates (subject to hydrolysis) is 1. The molecule has 426 valence electrons. The number of carbonyl (C=O) groups is 3. The zero-order valence-electron chi connectivity index (χ0n) is 44.6. The van der Waals surface area contributed by atoms with Gasteiger partial charge in [0.2, 0.25) is 3.79 Å². The number of hydrogen-bond acceptors (Lipinski definition) is 14. The van der Waals surface area contributed by atoms with Crippen molar-refractivity contribution in [3.8, 4) is 11.5 Å². The van der Waals surface area contributed by atoms with Gasteiger partial charge in [-0.15, -0.1) is 0 Å². The number of rotatable bonds is 39. The number of hydrogen-bond donors (Lipinski definition) is 2. The summed E-state index contributed by atoms with van der Waals surface area (Å²) in [5.74, 6) is -0.0932. The number of esters is 1. The van der Waals surface area contributed by atoms with Crippen LogP contribution in [0.4, 0.5) is 9.59 Å². The molecular weight excluding hydrogens is 1060 g/mol. The quantitative estimate of drug-likeness (QED) is 0.0181. The number of para-hydroxylation sites is 2. The molecule has 3 aromatic rings. The van der Waals surface area contributed by atoms with Gasteiger partial charge in [0, 0.05) is 12.8 Å². The van der Waals surface area contributed by atoms with E-state index in [1.165, 1.54) is 77.0 Å². The number of ether oxygens (including phenoxy) is 6. The highest BCUT2D eigenvalue weighted by Gasteiger charge is 2.52. The summed E-state index contributed by atoms with van der Waals surface area (Å²) in [6.45, 7) is 2.87. The number of phosphoric acid groups is 1. The van der Waals surface area contributed by atoms with Crippen LogP contribution < -0.4 is 14.4 Å². The molecule has 1 saturated heterocycles. The van der Waals surface area contributed by atoms with E-state index in [2.05, 4.69) is 19.2 Å². The Kier molecular flexibility index (Phi) is 32.3. The Morgan fingerprint density at radius 2 is 1.14 bits per heavy atom. The minimum Gasteiger partial charge on any atom is -0.462 e. The first-order valence-electron chi connectivity index (χ1n) is 27.5. The zero-order chi connectivity index (χ0) is 54.7. The third-order valence-electron chi connectivity index (χ3n) is 12.7. The van der Waals surface area contributed by atoms with Crippen molar-refractivity contribution in [2.24, 2.45) is 0 Å². The van der Waals surface area contributed by atoms with Gasteiger partial charge in [-0.1, -0.05) is 231 Å². The van der Waals surface area contributed by atoms with Gasteiger partial charge in [-0.25, -0.2) is 14.2 Å². The second-order valence-electron chi connectivity index (χ2n) is 19.2. The summed E-state index contributed by atoms with van der Waals surface area (Å²) in [4.78, 5) is 39.9. The van der Waals surface area contributed by atoms with Gasteiger partial charge in [-0.2, -0.15) is 0 Å². The summed E-state index contributed by atoms with van der Waals surface area (Å²) in [6, 6.07) is 23.7. The highest BCUT2D eigenvalue weighted by molar-refractivity contribution is 7.49. The molecule has 0 bridgehead atoms. The Morgan fingerprint density at radius 3 is 1.67 bits per heavy atom. The second-order valence-corrected chi connectivity index (χ2v) is 23.2. The van der Waals surface area contributed by atoms with Gasteiger partial charge in [0.05, 0.1) is 6.61 Å². The number of aliphatic hydroxyl groups is 1. The molecule has 4 rings (SSSR count). The smallest absolute Gasteiger partial charge is 0.462 e. The third kappa shape index (κ3) is 28.2. The summed E-state index contributed by atoms with van der Waals surface area (Å²) in [6.07, 6.45) is 14.5. The Morgan fingerprint density at radius 1 is 0.645 bits per heavy atom. The maximum absolute atomic E-state index is 15.1. The average molecular weight is 1140 g/mol. The van der Waals surface area contributed by atoms with Crippen molar-refractivity contribution in [3.05, 3.63) is 96.6 Å². The molecule has 3 aromatic carbocycles. The first-order chi connectivity index (χ1) is 36.8. The largest absolute Gasteiger partial charge is 0.588 e. The van der Waals surface area contributed by atoms with E-state index in [1.807, 2.05) is 6.07 Å². The van der Waals surface area contributed by atoms with Crippen LogP contribution in [0.25, 0.3) is 0 Å². The molecule has 0 aromatic heterocycles. The van der Waals surface area contributed by atoms with Crippen LogP contribution >= 0.6 is 42.6 Å². The van der Waals surface area contributed by atoms with Crippen LogP contribution in [0.1, 0.15) is 167 Å². The minimum atomic E-state index is -4.83. The normalized spacial score (nSPS) is 18.1. The summed E-state index contributed by atoms with van der Waals surface area (Å²) in [5, 5.41) is 14.2. The lowest BCUT2D eigenvalue weighted by atomic mass is 9.96. The van der Waals surface area contributed by atoms with Crippen LogP contribution in [-0.4, -0.2) is 83.7 Å². The maximum Gasteiger partial charge on any atom is 0.588 e. The van der Waals surface area contributed by atoms with Gasteiger partial charge in [-0.05, 0) is 49.1 Å². The number of aliphatic hydroxyl groups excluding tert-OH is 1. The summed E-state index contributed by atoms with van der Waals surface area (Å²) >= 11 is 17.7. The molecule has 2 N–H and O–H groups in total. The summed E-state index contributed by atoms with van der Waals surface area (Å²) < 4.78 is 66.3. The third-order valence-corrected chi connectivity index (χ3v) is 14.4. The topological polar surface area (TPSA) is 184 Å². The van der Waals surface area contributed by atoms with Gasteiger partial charge in [0.1, 0.15) is 61.8 Å². The van der Waals surface area contributed by atoms with Crippen LogP contribution in [0.2, 0.25) is 0 Å². The van der Waals surface area contributed by atoms with E-state index in [1.54, 1.807) is 84.9 Å². The number of phosphoric ester groups is 1. The molecule has 1 aliphatic heterocycles. The number of carbonyl (C=O) groups excluding carboxylic acids is 3. The Balaban J connectivity index is 1.59. The molecule has 1 heterocycles. The first kappa shape index (κ1) is 64.7. The number of nitrogens with one attached hydrogen (secondary N) is 1. The number of benzene rings is 3. The molecule has 0 aliphatic carbocycles. The van der Waals surface area contributed by atoms with Crippen LogP contribution in [0.15, 0.2) is 91.0 Å². The fourth-order valence-electron chi connectivity index (χ4n) is 8.66. The predicted molar refractivity (Wildman–Crippen MR) is 296 cm³/mol. The van der Waals surface area contributed by atoms with Crippen LogP contribution in [0, 0.1) is 0 Å². The van der Waals surface area contributed by atoms with E-state index < -0.39 is 73.8 Å². The standard InChI is InChI=1S/C57H83Cl3NO14P/c1-3-5-7-9-11-13-14-16-18-20-31-39-50(62)71-46(34-26-19-17-15-12-10-8-6-4-2)40-41-67-53-51(61-55(64)70-44-57(58,59)60)54(63)72-49(43-69-56(65)68-42-45-32-24-21-25-33-45)52(53)75-76(66,73-47-35-27-22-28-36-47)74-48-37-29-23-30-38-48/h21-25,27-30,32-33,35-38,46,49,51-54,63H,3-20,26,31,34,39-44H2,1-2H3,(H,61,64)/t46-,49-,51-,52-,53-,54-/m1/s1. The molecule has 0 saturated carbocycles. The van der Waals surface area contributed by atoms with Crippen LogP contribution in [-0.2, 0) is 48.9 Å². The van der Waals surface area contributed by atoms with E-state index in [-0.39, 0.29) is 43.5 Å². The molecular formula is C57H83Cl3NO14P. The predicted octanol–water partition coefficient (Wildman–Crippen LogP) is 15.5. The average Bonchev–Trinajstić information content (AvgIpc) is 3.41. The van der Waals surface area contributed by atoms with E-state index >= 15 is 4.57 Å². The molecule has 0 spiro atoms.